The molecular formula is C23H27ClN4O4. The Bertz CT molecular complexity index is 1100. The van der Waals surface area contributed by atoms with Crippen molar-refractivity contribution in [2.45, 2.75) is 26.3 Å². The molecule has 32 heavy (non-hydrogen) atoms. The van der Waals surface area contributed by atoms with Gasteiger partial charge in [0.25, 0.3) is 11.9 Å². The molecule has 0 fully saturated rings. The van der Waals surface area contributed by atoms with E-state index in [1.165, 1.54) is 7.11 Å². The number of carbonyl (C=O) groups excluding carboxylic acids is 2. The second-order valence-corrected chi connectivity index (χ2v) is 7.68. The lowest BCUT2D eigenvalue weighted by molar-refractivity contribution is -0.120. The van der Waals surface area contributed by atoms with Crippen LogP contribution in [0.3, 0.4) is 0 Å². The SMILES string of the molecule is CCCN(CCC(=O)NC)C(=O)c1cc(OC)c2oc(NCc3cccc(Cl)c3)nc2c1. The Hall–Kier alpha value is -3.26. The molecule has 3 rings (SSSR count). The van der Waals surface area contributed by atoms with Crippen molar-refractivity contribution in [3.05, 3.63) is 52.5 Å². The molecule has 3 aromatic rings. The van der Waals surface area contributed by atoms with E-state index in [1.54, 1.807) is 24.1 Å². The van der Waals surface area contributed by atoms with E-state index >= 15 is 0 Å². The zero-order valence-electron chi connectivity index (χ0n) is 18.4. The molecule has 170 valence electrons. The van der Waals surface area contributed by atoms with Gasteiger partial charge in [0.2, 0.25) is 5.91 Å². The molecule has 0 radical (unpaired) electrons. The number of ether oxygens (including phenoxy) is 1. The molecule has 0 spiro atoms. The van der Waals surface area contributed by atoms with Crippen LogP contribution in [0.2, 0.25) is 5.02 Å². The van der Waals surface area contributed by atoms with Crippen molar-refractivity contribution >= 4 is 40.5 Å². The van der Waals surface area contributed by atoms with E-state index in [4.69, 9.17) is 20.8 Å². The fraction of sp³-hybridized carbons (Fsp3) is 0.348. The molecular weight excluding hydrogens is 432 g/mol. The molecule has 0 bridgehead atoms. The van der Waals surface area contributed by atoms with Crippen molar-refractivity contribution in [2.24, 2.45) is 0 Å². The average Bonchev–Trinajstić information content (AvgIpc) is 3.22. The van der Waals surface area contributed by atoms with Gasteiger partial charge in [-0.05, 0) is 36.2 Å². The topological polar surface area (TPSA) is 96.7 Å². The maximum atomic E-state index is 13.1. The standard InChI is InChI=1S/C23H27ClN4O4/c1-4-9-28(10-8-20(29)25-2)22(30)16-12-18-21(19(13-16)31-3)32-23(27-18)26-14-15-6-5-7-17(24)11-15/h5-7,11-13H,4,8-10,14H2,1-3H3,(H,25,29)(H,26,27). The number of methoxy groups -OCH3 is 1. The fourth-order valence-corrected chi connectivity index (χ4v) is 3.52. The van der Waals surface area contributed by atoms with E-state index in [0.717, 1.165) is 12.0 Å². The number of oxazole rings is 1. The molecule has 2 N–H and O–H groups in total. The highest BCUT2D eigenvalue weighted by Crippen LogP contribution is 2.31. The zero-order valence-corrected chi connectivity index (χ0v) is 19.2. The molecule has 0 aliphatic heterocycles. The first-order valence-corrected chi connectivity index (χ1v) is 10.8. The smallest absolute Gasteiger partial charge is 0.296 e. The first kappa shape index (κ1) is 23.4. The molecule has 0 saturated carbocycles. The summed E-state index contributed by atoms with van der Waals surface area (Å²) in [6.45, 7) is 3.34. The Morgan fingerprint density at radius 1 is 1.22 bits per heavy atom. The van der Waals surface area contributed by atoms with E-state index < -0.39 is 0 Å². The monoisotopic (exact) mass is 458 g/mol. The molecule has 1 heterocycles. The average molecular weight is 459 g/mol. The summed E-state index contributed by atoms with van der Waals surface area (Å²) in [4.78, 5) is 30.9. The Morgan fingerprint density at radius 3 is 2.72 bits per heavy atom. The summed E-state index contributed by atoms with van der Waals surface area (Å²) in [5.74, 6) is 0.114. The van der Waals surface area contributed by atoms with Gasteiger partial charge in [-0.3, -0.25) is 9.59 Å². The summed E-state index contributed by atoms with van der Waals surface area (Å²) in [5.41, 5.74) is 2.36. The first-order valence-electron chi connectivity index (χ1n) is 10.4. The van der Waals surface area contributed by atoms with Crippen molar-refractivity contribution in [1.29, 1.82) is 0 Å². The minimum atomic E-state index is -0.188. The third-order valence-corrected chi connectivity index (χ3v) is 5.16. The highest BCUT2D eigenvalue weighted by atomic mass is 35.5. The summed E-state index contributed by atoms with van der Waals surface area (Å²) in [5, 5.41) is 6.36. The van der Waals surface area contributed by atoms with Crippen molar-refractivity contribution in [3.63, 3.8) is 0 Å². The van der Waals surface area contributed by atoms with Crippen LogP contribution in [-0.2, 0) is 11.3 Å². The van der Waals surface area contributed by atoms with Gasteiger partial charge in [0.05, 0.1) is 7.11 Å². The zero-order chi connectivity index (χ0) is 23.1. The van der Waals surface area contributed by atoms with Gasteiger partial charge < -0.3 is 24.7 Å². The van der Waals surface area contributed by atoms with Gasteiger partial charge in [-0.25, -0.2) is 0 Å². The van der Waals surface area contributed by atoms with Crippen LogP contribution in [-0.4, -0.2) is 48.9 Å². The van der Waals surface area contributed by atoms with Crippen molar-refractivity contribution in [3.8, 4) is 5.75 Å². The summed E-state index contributed by atoms with van der Waals surface area (Å²) >= 11 is 6.03. The van der Waals surface area contributed by atoms with E-state index in [0.29, 0.717) is 53.1 Å². The third kappa shape index (κ3) is 5.70. The molecule has 0 atom stereocenters. The Morgan fingerprint density at radius 2 is 2.03 bits per heavy atom. The fourth-order valence-electron chi connectivity index (χ4n) is 3.31. The maximum Gasteiger partial charge on any atom is 0.296 e. The Balaban J connectivity index is 1.83. The van der Waals surface area contributed by atoms with Gasteiger partial charge in [0.15, 0.2) is 11.3 Å². The molecule has 0 saturated heterocycles. The molecule has 0 aliphatic rings. The summed E-state index contributed by atoms with van der Waals surface area (Å²) in [7, 11) is 3.09. The first-order chi connectivity index (χ1) is 15.4. The molecule has 0 unspecified atom stereocenters. The van der Waals surface area contributed by atoms with Gasteiger partial charge in [-0.1, -0.05) is 30.7 Å². The number of anilines is 1. The number of benzene rings is 2. The number of hydrogen-bond donors (Lipinski definition) is 2. The van der Waals surface area contributed by atoms with Crippen LogP contribution in [0.25, 0.3) is 11.1 Å². The predicted octanol–water partition coefficient (Wildman–Crippen LogP) is 4.09. The third-order valence-electron chi connectivity index (χ3n) is 4.92. The van der Waals surface area contributed by atoms with Crippen LogP contribution < -0.4 is 15.4 Å². The van der Waals surface area contributed by atoms with Gasteiger partial charge in [-0.15, -0.1) is 0 Å². The van der Waals surface area contributed by atoms with Gasteiger partial charge >= 0.3 is 0 Å². The Kier molecular flexibility index (Phi) is 7.94. The summed E-state index contributed by atoms with van der Waals surface area (Å²) < 4.78 is 11.3. The highest BCUT2D eigenvalue weighted by molar-refractivity contribution is 6.30. The second-order valence-electron chi connectivity index (χ2n) is 7.24. The van der Waals surface area contributed by atoms with Crippen LogP contribution in [0.4, 0.5) is 6.01 Å². The Labute approximate surface area is 191 Å². The molecule has 0 aliphatic carbocycles. The molecule has 9 heteroatoms. The van der Waals surface area contributed by atoms with Crippen LogP contribution in [0, 0.1) is 0 Å². The van der Waals surface area contributed by atoms with Crippen LogP contribution in [0.1, 0.15) is 35.7 Å². The van der Waals surface area contributed by atoms with E-state index in [9.17, 15) is 9.59 Å². The quantitative estimate of drug-likeness (QED) is 0.475. The molecule has 8 nitrogen and oxygen atoms in total. The number of amides is 2. The molecule has 1 aromatic heterocycles. The van der Waals surface area contributed by atoms with Crippen LogP contribution in [0.15, 0.2) is 40.8 Å². The van der Waals surface area contributed by atoms with E-state index in [2.05, 4.69) is 15.6 Å². The maximum absolute atomic E-state index is 13.1. The van der Waals surface area contributed by atoms with Crippen molar-refractivity contribution in [1.82, 2.24) is 15.2 Å². The van der Waals surface area contributed by atoms with Crippen LogP contribution >= 0.6 is 11.6 Å². The summed E-state index contributed by atoms with van der Waals surface area (Å²) in [6.07, 6.45) is 1.02. The number of nitrogens with zero attached hydrogens (tertiary/aromatic N) is 2. The number of nitrogens with one attached hydrogen (secondary N) is 2. The van der Waals surface area contributed by atoms with Crippen LogP contribution in [0.5, 0.6) is 5.75 Å². The van der Waals surface area contributed by atoms with Gasteiger partial charge in [0.1, 0.15) is 5.52 Å². The molecule has 2 amide bonds. The number of aromatic nitrogens is 1. The molecule has 2 aromatic carbocycles. The number of fused-ring (bicyclic) bond motifs is 1. The largest absolute Gasteiger partial charge is 0.493 e. The van der Waals surface area contributed by atoms with Gasteiger partial charge in [-0.2, -0.15) is 4.98 Å². The van der Waals surface area contributed by atoms with Crippen molar-refractivity contribution in [2.75, 3.05) is 32.6 Å². The normalized spacial score (nSPS) is 10.8. The van der Waals surface area contributed by atoms with E-state index in [1.807, 2.05) is 31.2 Å². The number of halogens is 1. The van der Waals surface area contributed by atoms with Gasteiger partial charge in [0, 0.05) is 43.7 Å². The lowest BCUT2D eigenvalue weighted by atomic mass is 10.1. The number of hydrogen-bond acceptors (Lipinski definition) is 6. The van der Waals surface area contributed by atoms with E-state index in [-0.39, 0.29) is 18.2 Å². The lowest BCUT2D eigenvalue weighted by Gasteiger charge is -2.22. The van der Waals surface area contributed by atoms with Crippen molar-refractivity contribution < 1.29 is 18.7 Å². The highest BCUT2D eigenvalue weighted by Gasteiger charge is 2.20. The lowest BCUT2D eigenvalue weighted by Crippen LogP contribution is -2.35. The summed E-state index contributed by atoms with van der Waals surface area (Å²) in [6, 6.07) is 11.1. The minimum absolute atomic E-state index is 0.112. The number of rotatable bonds is 10. The minimum Gasteiger partial charge on any atom is -0.493 e. The number of carbonyl (C=O) groups is 2. The second kappa shape index (κ2) is 10.9. The predicted molar refractivity (Wildman–Crippen MR) is 124 cm³/mol.